The maximum Gasteiger partial charge on any atom is 0.323 e. The van der Waals surface area contributed by atoms with Crippen LogP contribution in [0.25, 0.3) is 10.2 Å². The van der Waals surface area contributed by atoms with Crippen molar-refractivity contribution in [3.05, 3.63) is 24.3 Å². The van der Waals surface area contributed by atoms with Crippen molar-refractivity contribution in [3.8, 4) is 0 Å². The second-order valence-electron chi connectivity index (χ2n) is 5.15. The Morgan fingerprint density at radius 3 is 3.05 bits per heavy atom. The van der Waals surface area contributed by atoms with Gasteiger partial charge in [0.1, 0.15) is 0 Å². The molecule has 2 heterocycles. The van der Waals surface area contributed by atoms with Gasteiger partial charge < -0.3 is 10.0 Å². The number of thiazole rings is 1. The van der Waals surface area contributed by atoms with Gasteiger partial charge in [0, 0.05) is 19.0 Å². The minimum atomic E-state index is -0.366. The van der Waals surface area contributed by atoms with Gasteiger partial charge in [-0.1, -0.05) is 23.5 Å². The van der Waals surface area contributed by atoms with Crippen LogP contribution in [-0.4, -0.2) is 40.2 Å². The number of nitrogens with zero attached hydrogens (tertiary/aromatic N) is 2. The molecule has 0 aliphatic carbocycles. The van der Waals surface area contributed by atoms with Crippen LogP contribution in [0.15, 0.2) is 24.3 Å². The number of hydrogen-bond acceptors (Lipinski definition) is 4. The molecule has 2 unspecified atom stereocenters. The first-order valence-corrected chi connectivity index (χ1v) is 7.54. The third-order valence-electron chi connectivity index (χ3n) is 3.70. The van der Waals surface area contributed by atoms with E-state index in [2.05, 4.69) is 10.3 Å². The van der Waals surface area contributed by atoms with Gasteiger partial charge in [0.15, 0.2) is 5.13 Å². The van der Waals surface area contributed by atoms with Gasteiger partial charge in [-0.05, 0) is 25.5 Å². The number of hydrogen-bond donors (Lipinski definition) is 2. The van der Waals surface area contributed by atoms with E-state index in [1.54, 1.807) is 11.8 Å². The summed E-state index contributed by atoms with van der Waals surface area (Å²) in [4.78, 5) is 18.3. The molecule has 0 bridgehead atoms. The molecule has 1 saturated heterocycles. The molecule has 2 N–H and O–H groups in total. The van der Waals surface area contributed by atoms with Gasteiger partial charge in [0.05, 0.1) is 16.3 Å². The first-order chi connectivity index (χ1) is 9.63. The number of anilines is 1. The average Bonchev–Trinajstić information content (AvgIpc) is 3.04. The predicted molar refractivity (Wildman–Crippen MR) is 80.0 cm³/mol. The van der Waals surface area contributed by atoms with Gasteiger partial charge in [-0.2, -0.15) is 0 Å². The summed E-state index contributed by atoms with van der Waals surface area (Å²) < 4.78 is 1.06. The number of para-hydroxylation sites is 1. The van der Waals surface area contributed by atoms with Gasteiger partial charge >= 0.3 is 6.03 Å². The van der Waals surface area contributed by atoms with Crippen molar-refractivity contribution < 1.29 is 9.90 Å². The molecule has 1 aliphatic heterocycles. The maximum absolute atomic E-state index is 12.2. The highest BCUT2D eigenvalue weighted by Crippen LogP contribution is 2.26. The van der Waals surface area contributed by atoms with E-state index >= 15 is 0 Å². The number of amides is 2. The Labute approximate surface area is 121 Å². The van der Waals surface area contributed by atoms with Crippen molar-refractivity contribution in [3.63, 3.8) is 0 Å². The number of likely N-dealkylation sites (tertiary alicyclic amines) is 1. The molecule has 1 fully saturated rings. The topological polar surface area (TPSA) is 65.5 Å². The largest absolute Gasteiger partial charge is 0.393 e. The summed E-state index contributed by atoms with van der Waals surface area (Å²) in [5, 5.41) is 13.0. The maximum atomic E-state index is 12.2. The quantitative estimate of drug-likeness (QED) is 0.893. The highest BCUT2D eigenvalue weighted by Gasteiger charge is 2.29. The number of benzene rings is 1. The number of rotatable bonds is 2. The van der Waals surface area contributed by atoms with Crippen LogP contribution in [0.1, 0.15) is 13.3 Å². The van der Waals surface area contributed by atoms with Crippen LogP contribution in [0.3, 0.4) is 0 Å². The lowest BCUT2D eigenvalue weighted by Gasteiger charge is -2.17. The molecule has 5 nitrogen and oxygen atoms in total. The SMILES string of the molecule is CC(O)C1CCN(C(=O)Nc2nc3ccccc3s2)C1. The average molecular weight is 291 g/mol. The summed E-state index contributed by atoms with van der Waals surface area (Å²) in [6, 6.07) is 7.68. The Bertz CT molecular complexity index is 593. The molecule has 6 heteroatoms. The van der Waals surface area contributed by atoms with Gasteiger partial charge in [-0.25, -0.2) is 9.78 Å². The molecule has 0 radical (unpaired) electrons. The van der Waals surface area contributed by atoms with Crippen LogP contribution in [0, 0.1) is 5.92 Å². The standard InChI is InChI=1S/C14H17N3O2S/c1-9(18)10-6-7-17(8-10)14(19)16-13-15-11-4-2-3-5-12(11)20-13/h2-5,9-10,18H,6-8H2,1H3,(H,15,16,19). The fourth-order valence-corrected chi connectivity index (χ4v) is 3.32. The van der Waals surface area contributed by atoms with E-state index in [9.17, 15) is 9.90 Å². The Morgan fingerprint density at radius 2 is 2.35 bits per heavy atom. The van der Waals surface area contributed by atoms with E-state index < -0.39 is 0 Å². The fraction of sp³-hybridized carbons (Fsp3) is 0.429. The van der Waals surface area contributed by atoms with Crippen molar-refractivity contribution in [1.82, 2.24) is 9.88 Å². The van der Waals surface area contributed by atoms with E-state index in [0.717, 1.165) is 16.6 Å². The van der Waals surface area contributed by atoms with Crippen molar-refractivity contribution in [2.24, 2.45) is 5.92 Å². The Balaban J connectivity index is 1.67. The van der Waals surface area contributed by atoms with E-state index in [-0.39, 0.29) is 18.1 Å². The van der Waals surface area contributed by atoms with Gasteiger partial charge in [-0.3, -0.25) is 5.32 Å². The number of aromatic nitrogens is 1. The smallest absolute Gasteiger partial charge is 0.323 e. The highest BCUT2D eigenvalue weighted by molar-refractivity contribution is 7.22. The van der Waals surface area contributed by atoms with Crippen LogP contribution in [0.4, 0.5) is 9.93 Å². The normalized spacial score (nSPS) is 20.3. The molecule has 0 spiro atoms. The molecule has 1 aromatic carbocycles. The molecule has 106 valence electrons. The third kappa shape index (κ3) is 2.62. The molecular weight excluding hydrogens is 274 g/mol. The number of aliphatic hydroxyl groups is 1. The third-order valence-corrected chi connectivity index (χ3v) is 4.65. The highest BCUT2D eigenvalue weighted by atomic mass is 32.1. The van der Waals surface area contributed by atoms with Gasteiger partial charge in [-0.15, -0.1) is 0 Å². The molecule has 2 aromatic rings. The Kier molecular flexibility index (Phi) is 3.58. The summed E-state index contributed by atoms with van der Waals surface area (Å²) in [7, 11) is 0. The van der Waals surface area contributed by atoms with Crippen LogP contribution in [0.5, 0.6) is 0 Å². The van der Waals surface area contributed by atoms with E-state index in [1.165, 1.54) is 11.3 Å². The van der Waals surface area contributed by atoms with Crippen LogP contribution in [0.2, 0.25) is 0 Å². The first-order valence-electron chi connectivity index (χ1n) is 6.73. The number of aliphatic hydroxyl groups excluding tert-OH is 1. The fourth-order valence-electron chi connectivity index (χ4n) is 2.46. The molecule has 1 aromatic heterocycles. The van der Waals surface area contributed by atoms with Crippen molar-refractivity contribution in [2.75, 3.05) is 18.4 Å². The minimum Gasteiger partial charge on any atom is -0.393 e. The summed E-state index contributed by atoms with van der Waals surface area (Å²) in [5.74, 6) is 0.177. The van der Waals surface area contributed by atoms with Crippen LogP contribution in [-0.2, 0) is 0 Å². The molecule has 3 rings (SSSR count). The number of carbonyl (C=O) groups is 1. The number of nitrogens with one attached hydrogen (secondary N) is 1. The van der Waals surface area contributed by atoms with Crippen molar-refractivity contribution in [2.45, 2.75) is 19.4 Å². The van der Waals surface area contributed by atoms with Crippen LogP contribution >= 0.6 is 11.3 Å². The zero-order valence-electron chi connectivity index (χ0n) is 11.2. The zero-order chi connectivity index (χ0) is 14.1. The second kappa shape index (κ2) is 5.38. The van der Waals surface area contributed by atoms with Gasteiger partial charge in [0.25, 0.3) is 0 Å². The van der Waals surface area contributed by atoms with Crippen molar-refractivity contribution >= 4 is 32.7 Å². The minimum absolute atomic E-state index is 0.132. The predicted octanol–water partition coefficient (Wildman–Crippen LogP) is 2.53. The number of carbonyl (C=O) groups excluding carboxylic acids is 1. The molecule has 2 amide bonds. The lowest BCUT2D eigenvalue weighted by Crippen LogP contribution is -2.34. The lowest BCUT2D eigenvalue weighted by molar-refractivity contribution is 0.130. The monoisotopic (exact) mass is 291 g/mol. The number of fused-ring (bicyclic) bond motifs is 1. The van der Waals surface area contributed by atoms with E-state index in [0.29, 0.717) is 18.2 Å². The molecule has 2 atom stereocenters. The molecule has 20 heavy (non-hydrogen) atoms. The molecular formula is C14H17N3O2S. The summed E-state index contributed by atoms with van der Waals surface area (Å²) in [6.07, 6.45) is 0.487. The van der Waals surface area contributed by atoms with Crippen molar-refractivity contribution in [1.29, 1.82) is 0 Å². The van der Waals surface area contributed by atoms with E-state index in [1.807, 2.05) is 24.3 Å². The zero-order valence-corrected chi connectivity index (χ0v) is 12.1. The van der Waals surface area contributed by atoms with Crippen LogP contribution < -0.4 is 5.32 Å². The summed E-state index contributed by atoms with van der Waals surface area (Å²) in [5.41, 5.74) is 0.899. The Morgan fingerprint density at radius 1 is 1.55 bits per heavy atom. The molecule has 0 saturated carbocycles. The summed E-state index contributed by atoms with van der Waals surface area (Å²) >= 11 is 1.47. The second-order valence-corrected chi connectivity index (χ2v) is 6.18. The molecule has 1 aliphatic rings. The number of urea groups is 1. The Hall–Kier alpha value is -1.66. The van der Waals surface area contributed by atoms with Gasteiger partial charge in [0.2, 0.25) is 0 Å². The van der Waals surface area contributed by atoms with E-state index in [4.69, 9.17) is 0 Å². The summed E-state index contributed by atoms with van der Waals surface area (Å²) in [6.45, 7) is 3.07. The lowest BCUT2D eigenvalue weighted by atomic mass is 10.0. The first kappa shape index (κ1) is 13.3.